The predicted octanol–water partition coefficient (Wildman–Crippen LogP) is 1.69. The zero-order valence-electron chi connectivity index (χ0n) is 10.8. The van der Waals surface area contributed by atoms with Crippen LogP contribution in [0.3, 0.4) is 0 Å². The van der Waals surface area contributed by atoms with Gasteiger partial charge in [-0.2, -0.15) is 0 Å². The van der Waals surface area contributed by atoms with Crippen molar-refractivity contribution in [2.24, 2.45) is 22.1 Å². The van der Waals surface area contributed by atoms with E-state index in [0.717, 1.165) is 44.7 Å². The van der Waals surface area contributed by atoms with Crippen molar-refractivity contribution >= 4 is 29.9 Å². The van der Waals surface area contributed by atoms with Gasteiger partial charge in [-0.25, -0.2) is 0 Å². The van der Waals surface area contributed by atoms with Crippen LogP contribution in [0.15, 0.2) is 4.99 Å². The van der Waals surface area contributed by atoms with Crippen LogP contribution in [0.2, 0.25) is 0 Å². The molecule has 4 nitrogen and oxygen atoms in total. The number of rotatable bonds is 2. The van der Waals surface area contributed by atoms with Gasteiger partial charge in [0.2, 0.25) is 0 Å². The molecule has 0 aromatic heterocycles. The minimum absolute atomic E-state index is 0. The van der Waals surface area contributed by atoms with Crippen molar-refractivity contribution in [1.82, 2.24) is 4.90 Å². The van der Waals surface area contributed by atoms with E-state index in [1.165, 1.54) is 12.8 Å². The Balaban J connectivity index is 0.00000144. The molecular weight excluding hydrogens is 329 g/mol. The van der Waals surface area contributed by atoms with Crippen molar-refractivity contribution < 1.29 is 4.74 Å². The lowest BCUT2D eigenvalue weighted by molar-refractivity contribution is -0.0945. The average molecular weight is 353 g/mol. The quantitative estimate of drug-likeness (QED) is 0.467. The molecule has 100 valence electrons. The van der Waals surface area contributed by atoms with Gasteiger partial charge in [-0.1, -0.05) is 13.8 Å². The topological polar surface area (TPSA) is 50.8 Å². The highest BCUT2D eigenvalue weighted by molar-refractivity contribution is 14.0. The standard InChI is InChI=1S/C12H23N3O.HI/c1-10-4-3-5-15(6-10)11(13)14-7-12(2)8-16-9-12;/h10H,3-9H2,1-2H3,(H2,13,14);1H. The molecule has 0 amide bonds. The molecule has 0 saturated carbocycles. The maximum atomic E-state index is 6.03. The van der Waals surface area contributed by atoms with E-state index in [-0.39, 0.29) is 29.4 Å². The summed E-state index contributed by atoms with van der Waals surface area (Å²) in [5.74, 6) is 1.46. The number of ether oxygens (including phenoxy) is 1. The van der Waals surface area contributed by atoms with Gasteiger partial charge in [0, 0.05) is 18.5 Å². The lowest BCUT2D eigenvalue weighted by atomic mass is 9.89. The third-order valence-corrected chi connectivity index (χ3v) is 3.50. The van der Waals surface area contributed by atoms with E-state index in [1.54, 1.807) is 0 Å². The Kier molecular flexibility index (Phi) is 5.50. The Morgan fingerprint density at radius 2 is 2.24 bits per heavy atom. The average Bonchev–Trinajstić information content (AvgIpc) is 2.23. The highest BCUT2D eigenvalue weighted by Gasteiger charge is 2.33. The van der Waals surface area contributed by atoms with Gasteiger partial charge in [-0.15, -0.1) is 24.0 Å². The van der Waals surface area contributed by atoms with Crippen molar-refractivity contribution in [2.45, 2.75) is 26.7 Å². The normalized spacial score (nSPS) is 28.2. The summed E-state index contributed by atoms with van der Waals surface area (Å²) >= 11 is 0. The first-order valence-electron chi connectivity index (χ1n) is 6.22. The lowest BCUT2D eigenvalue weighted by Gasteiger charge is -2.37. The second-order valence-corrected chi connectivity index (χ2v) is 5.67. The van der Waals surface area contributed by atoms with Gasteiger partial charge in [0.15, 0.2) is 5.96 Å². The minimum atomic E-state index is 0. The van der Waals surface area contributed by atoms with Gasteiger partial charge in [0.1, 0.15) is 0 Å². The second kappa shape index (κ2) is 6.22. The Bertz CT molecular complexity index is 279. The molecule has 5 heteroatoms. The molecule has 2 aliphatic heterocycles. The Labute approximate surface area is 121 Å². The molecule has 0 bridgehead atoms. The van der Waals surface area contributed by atoms with Gasteiger partial charge < -0.3 is 15.4 Å². The molecule has 0 spiro atoms. The van der Waals surface area contributed by atoms with Crippen molar-refractivity contribution in [3.05, 3.63) is 0 Å². The van der Waals surface area contributed by atoms with Crippen LogP contribution in [-0.4, -0.2) is 43.7 Å². The maximum absolute atomic E-state index is 6.03. The molecule has 2 saturated heterocycles. The molecule has 1 atom stereocenters. The van der Waals surface area contributed by atoms with Crippen LogP contribution in [0, 0.1) is 11.3 Å². The zero-order chi connectivity index (χ0) is 11.6. The van der Waals surface area contributed by atoms with Crippen molar-refractivity contribution in [3.63, 3.8) is 0 Å². The first-order chi connectivity index (χ1) is 7.59. The lowest BCUT2D eigenvalue weighted by Crippen LogP contribution is -2.46. The summed E-state index contributed by atoms with van der Waals surface area (Å²) in [6.45, 7) is 9.03. The molecule has 0 aromatic rings. The number of nitrogens with zero attached hydrogens (tertiary/aromatic N) is 2. The van der Waals surface area contributed by atoms with Crippen LogP contribution >= 0.6 is 24.0 Å². The largest absolute Gasteiger partial charge is 0.380 e. The second-order valence-electron chi connectivity index (χ2n) is 5.67. The molecule has 2 aliphatic rings. The number of likely N-dealkylation sites (tertiary alicyclic amines) is 1. The van der Waals surface area contributed by atoms with E-state index in [9.17, 15) is 0 Å². The van der Waals surface area contributed by atoms with E-state index < -0.39 is 0 Å². The van der Waals surface area contributed by atoms with Gasteiger partial charge >= 0.3 is 0 Å². The molecule has 2 fully saturated rings. The zero-order valence-corrected chi connectivity index (χ0v) is 13.1. The number of halogens is 1. The molecule has 2 N–H and O–H groups in total. The summed E-state index contributed by atoms with van der Waals surface area (Å²) in [6, 6.07) is 0. The molecule has 1 unspecified atom stereocenters. The van der Waals surface area contributed by atoms with Crippen LogP contribution in [0.4, 0.5) is 0 Å². The van der Waals surface area contributed by atoms with Gasteiger partial charge in [-0.3, -0.25) is 4.99 Å². The fourth-order valence-corrected chi connectivity index (χ4v) is 2.31. The highest BCUT2D eigenvalue weighted by atomic mass is 127. The summed E-state index contributed by atoms with van der Waals surface area (Å²) in [4.78, 5) is 6.74. The molecule has 0 radical (unpaired) electrons. The van der Waals surface area contributed by atoms with Crippen LogP contribution in [0.5, 0.6) is 0 Å². The summed E-state index contributed by atoms with van der Waals surface area (Å²) in [7, 11) is 0. The van der Waals surface area contributed by atoms with E-state index in [2.05, 4.69) is 23.7 Å². The molecule has 17 heavy (non-hydrogen) atoms. The third-order valence-electron chi connectivity index (χ3n) is 3.50. The minimum Gasteiger partial charge on any atom is -0.380 e. The number of hydrogen-bond acceptors (Lipinski definition) is 2. The van der Waals surface area contributed by atoms with E-state index >= 15 is 0 Å². The van der Waals surface area contributed by atoms with Crippen LogP contribution in [0.1, 0.15) is 26.7 Å². The number of nitrogens with two attached hydrogens (primary N) is 1. The highest BCUT2D eigenvalue weighted by Crippen LogP contribution is 2.26. The number of hydrogen-bond donors (Lipinski definition) is 1. The summed E-state index contributed by atoms with van der Waals surface area (Å²) in [5, 5.41) is 0. The molecule has 0 aliphatic carbocycles. The Morgan fingerprint density at radius 1 is 1.53 bits per heavy atom. The number of guanidine groups is 1. The maximum Gasteiger partial charge on any atom is 0.191 e. The van der Waals surface area contributed by atoms with Crippen molar-refractivity contribution in [2.75, 3.05) is 32.8 Å². The van der Waals surface area contributed by atoms with Gasteiger partial charge in [0.05, 0.1) is 19.8 Å². The summed E-state index contributed by atoms with van der Waals surface area (Å²) < 4.78 is 5.21. The van der Waals surface area contributed by atoms with Gasteiger partial charge in [-0.05, 0) is 18.8 Å². The summed E-state index contributed by atoms with van der Waals surface area (Å²) in [6.07, 6.45) is 2.55. The molecule has 0 aromatic carbocycles. The predicted molar refractivity (Wildman–Crippen MR) is 80.8 cm³/mol. The van der Waals surface area contributed by atoms with E-state index in [1.807, 2.05) is 0 Å². The molecule has 2 rings (SSSR count). The smallest absolute Gasteiger partial charge is 0.191 e. The van der Waals surface area contributed by atoms with E-state index in [4.69, 9.17) is 10.5 Å². The van der Waals surface area contributed by atoms with E-state index in [0.29, 0.717) is 0 Å². The number of aliphatic imine (C=N–C) groups is 1. The van der Waals surface area contributed by atoms with Crippen molar-refractivity contribution in [3.8, 4) is 0 Å². The first kappa shape index (κ1) is 15.0. The first-order valence-corrected chi connectivity index (χ1v) is 6.22. The number of piperidine rings is 1. The Hall–Kier alpha value is -0.0400. The summed E-state index contributed by atoms with van der Waals surface area (Å²) in [5.41, 5.74) is 6.26. The Morgan fingerprint density at radius 3 is 2.76 bits per heavy atom. The fourth-order valence-electron chi connectivity index (χ4n) is 2.31. The van der Waals surface area contributed by atoms with Crippen LogP contribution < -0.4 is 5.73 Å². The third kappa shape index (κ3) is 3.98. The fraction of sp³-hybridized carbons (Fsp3) is 0.917. The van der Waals surface area contributed by atoms with Crippen molar-refractivity contribution in [1.29, 1.82) is 0 Å². The SMILES string of the molecule is CC1CCCN(C(N)=NCC2(C)COC2)C1.I. The van der Waals surface area contributed by atoms with Crippen LogP contribution in [-0.2, 0) is 4.74 Å². The monoisotopic (exact) mass is 353 g/mol. The molecular formula is C12H24IN3O. The van der Waals surface area contributed by atoms with Crippen LogP contribution in [0.25, 0.3) is 0 Å². The van der Waals surface area contributed by atoms with Gasteiger partial charge in [0.25, 0.3) is 0 Å². The molecule has 2 heterocycles.